The maximum Gasteiger partial charge on any atom is 0.258 e. The monoisotopic (exact) mass is 219 g/mol. The van der Waals surface area contributed by atoms with Crippen molar-refractivity contribution in [1.82, 2.24) is 5.32 Å². The molecular formula is C12H13NO3. The van der Waals surface area contributed by atoms with Crippen molar-refractivity contribution in [1.29, 1.82) is 0 Å². The van der Waals surface area contributed by atoms with Crippen LogP contribution in [0.5, 0.6) is 5.75 Å². The Bertz CT molecular complexity index is 440. The maximum atomic E-state index is 11.4. The van der Waals surface area contributed by atoms with Gasteiger partial charge >= 0.3 is 0 Å². The summed E-state index contributed by atoms with van der Waals surface area (Å²) < 4.78 is 5.45. The Kier molecular flexibility index (Phi) is 2.90. The minimum absolute atomic E-state index is 0.240. The van der Waals surface area contributed by atoms with E-state index < -0.39 is 0 Å². The number of ether oxygens (including phenoxy) is 1. The number of benzene rings is 1. The van der Waals surface area contributed by atoms with E-state index in [-0.39, 0.29) is 18.2 Å². The zero-order chi connectivity index (χ0) is 11.5. The fraction of sp³-hybridized carbons (Fsp3) is 0.333. The molecule has 0 aromatic heterocycles. The highest BCUT2D eigenvalue weighted by atomic mass is 16.5. The predicted molar refractivity (Wildman–Crippen MR) is 58.4 cm³/mol. The molecule has 4 heteroatoms. The van der Waals surface area contributed by atoms with Crippen molar-refractivity contribution in [3.63, 3.8) is 0 Å². The smallest absolute Gasteiger partial charge is 0.258 e. The summed E-state index contributed by atoms with van der Waals surface area (Å²) in [6.07, 6.45) is 1.17. The van der Waals surface area contributed by atoms with Gasteiger partial charge in [-0.3, -0.25) is 14.9 Å². The van der Waals surface area contributed by atoms with Gasteiger partial charge in [-0.25, -0.2) is 0 Å². The molecule has 1 aromatic rings. The molecule has 0 atom stereocenters. The topological polar surface area (TPSA) is 55.4 Å². The fourth-order valence-electron chi connectivity index (χ4n) is 1.66. The van der Waals surface area contributed by atoms with Crippen LogP contribution in [0.1, 0.15) is 29.3 Å². The summed E-state index contributed by atoms with van der Waals surface area (Å²) in [6.45, 7) is 2.66. The van der Waals surface area contributed by atoms with Crippen LogP contribution in [-0.4, -0.2) is 18.4 Å². The molecule has 2 rings (SSSR count). The molecule has 0 saturated carbocycles. The molecule has 16 heavy (non-hydrogen) atoms. The number of carbonyl (C=O) groups is 2. The van der Waals surface area contributed by atoms with Crippen molar-refractivity contribution in [2.45, 2.75) is 19.8 Å². The molecule has 2 amide bonds. The second kappa shape index (κ2) is 4.35. The Labute approximate surface area is 93.6 Å². The summed E-state index contributed by atoms with van der Waals surface area (Å²) in [7, 11) is 0. The highest BCUT2D eigenvalue weighted by Gasteiger charge is 2.22. The van der Waals surface area contributed by atoms with Crippen LogP contribution < -0.4 is 10.1 Å². The summed E-state index contributed by atoms with van der Waals surface area (Å²) in [5.41, 5.74) is 1.30. The van der Waals surface area contributed by atoms with Crippen LogP contribution in [-0.2, 0) is 11.2 Å². The summed E-state index contributed by atoms with van der Waals surface area (Å²) in [6, 6.07) is 5.22. The van der Waals surface area contributed by atoms with Gasteiger partial charge in [-0.15, -0.1) is 0 Å². The highest BCUT2D eigenvalue weighted by Crippen LogP contribution is 2.21. The molecule has 0 fully saturated rings. The predicted octanol–water partition coefficient (Wildman–Crippen LogP) is 1.29. The molecule has 0 radical (unpaired) electrons. The largest absolute Gasteiger partial charge is 0.494 e. The Morgan fingerprint density at radius 1 is 1.38 bits per heavy atom. The van der Waals surface area contributed by atoms with E-state index in [1.165, 1.54) is 0 Å². The van der Waals surface area contributed by atoms with E-state index in [4.69, 9.17) is 4.74 Å². The first-order valence-corrected chi connectivity index (χ1v) is 5.30. The van der Waals surface area contributed by atoms with Crippen molar-refractivity contribution >= 4 is 11.8 Å². The van der Waals surface area contributed by atoms with Crippen molar-refractivity contribution in [3.05, 3.63) is 29.3 Å². The standard InChI is InChI=1S/C12H13NO3/c1-2-5-16-9-3-4-10-8(6-9)7-11(14)13-12(10)15/h3-4,6H,2,5,7H2,1H3,(H,13,14,15). The quantitative estimate of drug-likeness (QED) is 0.779. The minimum Gasteiger partial charge on any atom is -0.494 e. The highest BCUT2D eigenvalue weighted by molar-refractivity contribution is 6.09. The lowest BCUT2D eigenvalue weighted by atomic mass is 10.00. The van der Waals surface area contributed by atoms with Gasteiger partial charge in [-0.1, -0.05) is 6.92 Å². The average molecular weight is 219 g/mol. The number of nitrogens with one attached hydrogen (secondary N) is 1. The second-order valence-electron chi connectivity index (χ2n) is 3.72. The SMILES string of the molecule is CCCOc1ccc2c(c1)CC(=O)NC2=O. The van der Waals surface area contributed by atoms with Crippen LogP contribution in [0.15, 0.2) is 18.2 Å². The number of carbonyl (C=O) groups excluding carboxylic acids is 2. The normalized spacial score (nSPS) is 14.3. The van der Waals surface area contributed by atoms with Gasteiger partial charge in [-0.2, -0.15) is 0 Å². The van der Waals surface area contributed by atoms with Gasteiger partial charge in [0, 0.05) is 5.56 Å². The van der Waals surface area contributed by atoms with Crippen molar-refractivity contribution in [2.75, 3.05) is 6.61 Å². The van der Waals surface area contributed by atoms with Gasteiger partial charge in [0.2, 0.25) is 5.91 Å². The second-order valence-corrected chi connectivity index (χ2v) is 3.72. The van der Waals surface area contributed by atoms with E-state index in [0.29, 0.717) is 17.9 Å². The van der Waals surface area contributed by atoms with Gasteiger partial charge in [0.25, 0.3) is 5.91 Å². The molecule has 84 valence electrons. The number of hydrogen-bond donors (Lipinski definition) is 1. The summed E-state index contributed by atoms with van der Waals surface area (Å²) in [5, 5.41) is 2.28. The first-order valence-electron chi connectivity index (χ1n) is 5.30. The van der Waals surface area contributed by atoms with E-state index in [1.54, 1.807) is 18.2 Å². The molecule has 0 spiro atoms. The summed E-state index contributed by atoms with van der Waals surface area (Å²) in [4.78, 5) is 22.6. The van der Waals surface area contributed by atoms with E-state index in [2.05, 4.69) is 5.32 Å². The molecule has 0 saturated heterocycles. The van der Waals surface area contributed by atoms with Gasteiger partial charge in [0.1, 0.15) is 5.75 Å². The molecular weight excluding hydrogens is 206 g/mol. The zero-order valence-corrected chi connectivity index (χ0v) is 9.08. The number of rotatable bonds is 3. The Morgan fingerprint density at radius 3 is 2.94 bits per heavy atom. The molecule has 1 aromatic carbocycles. The third-order valence-electron chi connectivity index (χ3n) is 2.40. The number of amides is 2. The Hall–Kier alpha value is -1.84. The molecule has 1 aliphatic heterocycles. The molecule has 4 nitrogen and oxygen atoms in total. The van der Waals surface area contributed by atoms with E-state index in [0.717, 1.165) is 12.0 Å². The molecule has 1 N–H and O–H groups in total. The summed E-state index contributed by atoms with van der Waals surface area (Å²) in [5.74, 6) is 0.126. The summed E-state index contributed by atoms with van der Waals surface area (Å²) >= 11 is 0. The molecule has 0 unspecified atom stereocenters. The van der Waals surface area contributed by atoms with Crippen LogP contribution in [0, 0.1) is 0 Å². The van der Waals surface area contributed by atoms with Crippen molar-refractivity contribution < 1.29 is 14.3 Å². The third-order valence-corrected chi connectivity index (χ3v) is 2.40. The van der Waals surface area contributed by atoms with Gasteiger partial charge < -0.3 is 4.74 Å². The van der Waals surface area contributed by atoms with Crippen LogP contribution in [0.2, 0.25) is 0 Å². The van der Waals surface area contributed by atoms with Gasteiger partial charge in [-0.05, 0) is 30.2 Å². The van der Waals surface area contributed by atoms with Crippen molar-refractivity contribution in [2.24, 2.45) is 0 Å². The first-order chi connectivity index (χ1) is 7.70. The minimum atomic E-state index is -0.326. The van der Waals surface area contributed by atoms with Crippen LogP contribution in [0.4, 0.5) is 0 Å². The van der Waals surface area contributed by atoms with Crippen molar-refractivity contribution in [3.8, 4) is 5.75 Å². The molecule has 1 heterocycles. The lowest BCUT2D eigenvalue weighted by molar-refractivity contribution is -0.119. The van der Waals surface area contributed by atoms with Crippen LogP contribution in [0.25, 0.3) is 0 Å². The van der Waals surface area contributed by atoms with E-state index in [1.807, 2.05) is 6.92 Å². The molecule has 1 aliphatic rings. The lowest BCUT2D eigenvalue weighted by Crippen LogP contribution is -2.37. The molecule has 0 bridgehead atoms. The Balaban J connectivity index is 2.27. The zero-order valence-electron chi connectivity index (χ0n) is 9.08. The fourth-order valence-corrected chi connectivity index (χ4v) is 1.66. The van der Waals surface area contributed by atoms with Gasteiger partial charge in [0.15, 0.2) is 0 Å². The van der Waals surface area contributed by atoms with Crippen LogP contribution in [0.3, 0.4) is 0 Å². The Morgan fingerprint density at radius 2 is 2.19 bits per heavy atom. The number of hydrogen-bond acceptors (Lipinski definition) is 3. The number of imide groups is 1. The lowest BCUT2D eigenvalue weighted by Gasteiger charge is -2.16. The molecule has 0 aliphatic carbocycles. The first kappa shape index (κ1) is 10.7. The van der Waals surface area contributed by atoms with Crippen LogP contribution >= 0.6 is 0 Å². The maximum absolute atomic E-state index is 11.4. The van der Waals surface area contributed by atoms with Gasteiger partial charge in [0.05, 0.1) is 13.0 Å². The van der Waals surface area contributed by atoms with E-state index in [9.17, 15) is 9.59 Å². The third kappa shape index (κ3) is 2.05. The average Bonchev–Trinajstić information content (AvgIpc) is 2.25. The number of fused-ring (bicyclic) bond motifs is 1. The van der Waals surface area contributed by atoms with E-state index >= 15 is 0 Å².